The molecule has 1 heterocycles. The van der Waals surface area contributed by atoms with Gasteiger partial charge in [0.25, 0.3) is 5.56 Å². The zero-order chi connectivity index (χ0) is 12.5. The van der Waals surface area contributed by atoms with E-state index in [1.165, 1.54) is 0 Å². The second-order valence-electron chi connectivity index (χ2n) is 5.55. The Bertz CT molecular complexity index is 472. The molecule has 2 aliphatic rings. The van der Waals surface area contributed by atoms with E-state index >= 15 is 0 Å². The summed E-state index contributed by atoms with van der Waals surface area (Å²) < 4.78 is 0. The Morgan fingerprint density at radius 3 is 2.61 bits per heavy atom. The van der Waals surface area contributed by atoms with Crippen molar-refractivity contribution in [1.82, 2.24) is 9.97 Å². The molecule has 0 unspecified atom stereocenters. The first kappa shape index (κ1) is 11.7. The Morgan fingerprint density at radius 1 is 1.22 bits per heavy atom. The summed E-state index contributed by atoms with van der Waals surface area (Å²) in [5, 5.41) is 3.38. The first-order valence-electron chi connectivity index (χ1n) is 6.84. The zero-order valence-electron chi connectivity index (χ0n) is 10.5. The van der Waals surface area contributed by atoms with Crippen molar-refractivity contribution in [2.45, 2.75) is 56.5 Å². The molecule has 2 saturated carbocycles. The van der Waals surface area contributed by atoms with Crippen LogP contribution in [-0.2, 0) is 0 Å². The van der Waals surface area contributed by atoms with Crippen LogP contribution in [0.4, 0.5) is 5.82 Å². The molecule has 0 aromatic carbocycles. The summed E-state index contributed by atoms with van der Waals surface area (Å²) in [6.45, 7) is 0. The minimum atomic E-state index is -0.0538. The lowest BCUT2D eigenvalue weighted by atomic mass is 9.92. The van der Waals surface area contributed by atoms with Gasteiger partial charge in [-0.15, -0.1) is 0 Å². The summed E-state index contributed by atoms with van der Waals surface area (Å²) in [7, 11) is 0. The van der Waals surface area contributed by atoms with Crippen molar-refractivity contribution in [3.05, 3.63) is 22.2 Å². The average Bonchev–Trinajstić information content (AvgIpc) is 3.15. The number of H-pyrrole nitrogens is 1. The van der Waals surface area contributed by atoms with Gasteiger partial charge >= 0.3 is 0 Å². The zero-order valence-corrected chi connectivity index (χ0v) is 10.5. The van der Waals surface area contributed by atoms with E-state index in [1.807, 2.05) is 0 Å². The van der Waals surface area contributed by atoms with E-state index in [0.29, 0.717) is 18.0 Å². The third-order valence-corrected chi connectivity index (χ3v) is 3.85. The molecular weight excluding hydrogens is 228 g/mol. The Balaban J connectivity index is 1.70. The summed E-state index contributed by atoms with van der Waals surface area (Å²) in [5.41, 5.74) is 5.83. The Labute approximate surface area is 106 Å². The van der Waals surface area contributed by atoms with Gasteiger partial charge in [-0.2, -0.15) is 0 Å². The van der Waals surface area contributed by atoms with Crippen LogP contribution in [0.1, 0.15) is 50.3 Å². The highest BCUT2D eigenvalue weighted by Gasteiger charge is 2.27. The second kappa shape index (κ2) is 4.72. The molecule has 5 nitrogen and oxygen atoms in total. The summed E-state index contributed by atoms with van der Waals surface area (Å²) >= 11 is 0. The molecule has 98 valence electrons. The molecule has 3 rings (SSSR count). The number of nitrogens with one attached hydrogen (secondary N) is 2. The fourth-order valence-electron chi connectivity index (χ4n) is 2.57. The lowest BCUT2D eigenvalue weighted by molar-refractivity contribution is 0.410. The second-order valence-corrected chi connectivity index (χ2v) is 5.55. The largest absolute Gasteiger partial charge is 0.367 e. The SMILES string of the molecule is NC1CCC(Nc2cc(=O)[nH]c(C3CC3)n2)CC1. The number of aromatic nitrogens is 2. The highest BCUT2D eigenvalue weighted by Crippen LogP contribution is 2.37. The maximum atomic E-state index is 11.6. The van der Waals surface area contributed by atoms with Crippen molar-refractivity contribution in [1.29, 1.82) is 0 Å². The third kappa shape index (κ3) is 2.72. The fourth-order valence-corrected chi connectivity index (χ4v) is 2.57. The van der Waals surface area contributed by atoms with Crippen LogP contribution in [-0.4, -0.2) is 22.1 Å². The van der Waals surface area contributed by atoms with E-state index in [2.05, 4.69) is 15.3 Å². The van der Waals surface area contributed by atoms with Crippen LogP contribution in [0.15, 0.2) is 10.9 Å². The molecule has 0 amide bonds. The smallest absolute Gasteiger partial charge is 0.252 e. The van der Waals surface area contributed by atoms with Crippen LogP contribution in [0.25, 0.3) is 0 Å². The maximum absolute atomic E-state index is 11.6. The van der Waals surface area contributed by atoms with Crippen LogP contribution in [0.2, 0.25) is 0 Å². The minimum absolute atomic E-state index is 0.0538. The van der Waals surface area contributed by atoms with Gasteiger partial charge in [0.1, 0.15) is 11.6 Å². The van der Waals surface area contributed by atoms with Crippen LogP contribution in [0.5, 0.6) is 0 Å². The third-order valence-electron chi connectivity index (χ3n) is 3.85. The van der Waals surface area contributed by atoms with E-state index in [0.717, 1.165) is 50.2 Å². The molecule has 1 aromatic rings. The predicted octanol–water partition coefficient (Wildman–Crippen LogP) is 1.33. The average molecular weight is 248 g/mol. The van der Waals surface area contributed by atoms with Crippen molar-refractivity contribution < 1.29 is 0 Å². The van der Waals surface area contributed by atoms with Gasteiger partial charge < -0.3 is 16.0 Å². The molecule has 2 fully saturated rings. The predicted molar refractivity (Wildman–Crippen MR) is 70.7 cm³/mol. The lowest BCUT2D eigenvalue weighted by Gasteiger charge is -2.27. The molecule has 0 radical (unpaired) electrons. The molecular formula is C13H20N4O. The van der Waals surface area contributed by atoms with Crippen molar-refractivity contribution in [2.75, 3.05) is 5.32 Å². The van der Waals surface area contributed by atoms with Crippen molar-refractivity contribution in [2.24, 2.45) is 5.73 Å². The fraction of sp³-hybridized carbons (Fsp3) is 0.692. The molecule has 0 aliphatic heterocycles. The molecule has 0 saturated heterocycles. The molecule has 18 heavy (non-hydrogen) atoms. The minimum Gasteiger partial charge on any atom is -0.367 e. The van der Waals surface area contributed by atoms with Crippen molar-refractivity contribution >= 4 is 5.82 Å². The first-order chi connectivity index (χ1) is 8.70. The van der Waals surface area contributed by atoms with E-state index in [-0.39, 0.29) is 5.56 Å². The highest BCUT2D eigenvalue weighted by molar-refractivity contribution is 5.35. The summed E-state index contributed by atoms with van der Waals surface area (Å²) in [6, 6.07) is 2.31. The topological polar surface area (TPSA) is 83.8 Å². The Hall–Kier alpha value is -1.36. The number of aromatic amines is 1. The molecule has 0 atom stereocenters. The van der Waals surface area contributed by atoms with E-state index in [9.17, 15) is 4.79 Å². The van der Waals surface area contributed by atoms with Crippen LogP contribution >= 0.6 is 0 Å². The van der Waals surface area contributed by atoms with Crippen LogP contribution < -0.4 is 16.6 Å². The number of nitrogens with zero attached hydrogens (tertiary/aromatic N) is 1. The van der Waals surface area contributed by atoms with Gasteiger partial charge in [-0.3, -0.25) is 4.79 Å². The molecule has 0 spiro atoms. The van der Waals surface area contributed by atoms with Crippen LogP contribution in [0.3, 0.4) is 0 Å². The summed E-state index contributed by atoms with van der Waals surface area (Å²) in [6.07, 6.45) is 6.52. The Kier molecular flexibility index (Phi) is 3.07. The summed E-state index contributed by atoms with van der Waals surface area (Å²) in [5.74, 6) is 2.04. The summed E-state index contributed by atoms with van der Waals surface area (Å²) in [4.78, 5) is 18.9. The van der Waals surface area contributed by atoms with Gasteiger partial charge in [0.15, 0.2) is 0 Å². The van der Waals surface area contributed by atoms with Crippen molar-refractivity contribution in [3.8, 4) is 0 Å². The number of anilines is 1. The molecule has 5 heteroatoms. The highest BCUT2D eigenvalue weighted by atomic mass is 16.1. The van der Waals surface area contributed by atoms with Gasteiger partial charge in [0.05, 0.1) is 0 Å². The molecule has 0 bridgehead atoms. The lowest BCUT2D eigenvalue weighted by Crippen LogP contribution is -2.33. The van der Waals surface area contributed by atoms with E-state index < -0.39 is 0 Å². The first-order valence-corrected chi connectivity index (χ1v) is 6.84. The van der Waals surface area contributed by atoms with Gasteiger partial charge in [0, 0.05) is 24.1 Å². The molecule has 2 aliphatic carbocycles. The van der Waals surface area contributed by atoms with Gasteiger partial charge in [0.2, 0.25) is 0 Å². The van der Waals surface area contributed by atoms with E-state index in [1.54, 1.807) is 6.07 Å². The monoisotopic (exact) mass is 248 g/mol. The number of nitrogens with two attached hydrogens (primary N) is 1. The normalized spacial score (nSPS) is 28.1. The maximum Gasteiger partial charge on any atom is 0.252 e. The van der Waals surface area contributed by atoms with Crippen LogP contribution in [0, 0.1) is 0 Å². The molecule has 1 aromatic heterocycles. The Morgan fingerprint density at radius 2 is 1.94 bits per heavy atom. The van der Waals surface area contributed by atoms with E-state index in [4.69, 9.17) is 5.73 Å². The number of hydrogen-bond acceptors (Lipinski definition) is 4. The number of rotatable bonds is 3. The molecule has 4 N–H and O–H groups in total. The standard InChI is InChI=1S/C13H20N4O/c14-9-3-5-10(6-4-9)15-11-7-12(18)17-13(16-11)8-1-2-8/h7-10H,1-6,14H2,(H2,15,16,17,18). The van der Waals surface area contributed by atoms with Gasteiger partial charge in [-0.1, -0.05) is 0 Å². The number of hydrogen-bond donors (Lipinski definition) is 3. The quantitative estimate of drug-likeness (QED) is 0.753. The van der Waals surface area contributed by atoms with Gasteiger partial charge in [-0.05, 0) is 38.5 Å². The van der Waals surface area contributed by atoms with Crippen molar-refractivity contribution in [3.63, 3.8) is 0 Å². The van der Waals surface area contributed by atoms with Gasteiger partial charge in [-0.25, -0.2) is 4.98 Å².